The predicted molar refractivity (Wildman–Crippen MR) is 132 cm³/mol. The molecule has 1 heterocycles. The Morgan fingerprint density at radius 1 is 0.778 bits per heavy atom. The van der Waals surface area contributed by atoms with Gasteiger partial charge in [-0.1, -0.05) is 0 Å². The zero-order valence-electron chi connectivity index (χ0n) is 18.7. The minimum Gasteiger partial charge on any atom is -0.481 e. The Hall–Kier alpha value is -2.25. The molecule has 0 aliphatic heterocycles. The number of aromatic nitrogens is 3. The van der Waals surface area contributed by atoms with Crippen LogP contribution in [0.5, 0.6) is 0 Å². The van der Waals surface area contributed by atoms with E-state index in [1.807, 2.05) is 0 Å². The van der Waals surface area contributed by atoms with Gasteiger partial charge in [-0.25, -0.2) is 28.1 Å². The maximum atomic E-state index is 13.4. The van der Waals surface area contributed by atoms with Crippen molar-refractivity contribution in [3.63, 3.8) is 0 Å². The molecule has 0 amide bonds. The van der Waals surface area contributed by atoms with E-state index in [0.29, 0.717) is 9.13 Å². The summed E-state index contributed by atoms with van der Waals surface area (Å²) in [6, 6.07) is 0. The SMILES string of the molecule is O=C(O)CC(S)C(C(=O)OCCO)(C(S)CC(=O)O)C(S)n1c(=O)n(CCO)c(=O)n(CCO)c1=O. The van der Waals surface area contributed by atoms with Crippen molar-refractivity contribution < 1.29 is 44.7 Å². The fourth-order valence-corrected chi connectivity index (χ4v) is 5.71. The van der Waals surface area contributed by atoms with Gasteiger partial charge in [-0.3, -0.25) is 14.4 Å². The number of esters is 1. The highest BCUT2D eigenvalue weighted by molar-refractivity contribution is 7.83. The van der Waals surface area contributed by atoms with Gasteiger partial charge in [-0.15, -0.1) is 0 Å². The Kier molecular flexibility index (Phi) is 12.3. The Bertz CT molecular complexity index is 1060. The molecular formula is C18H27N3O12S3. The highest BCUT2D eigenvalue weighted by Crippen LogP contribution is 2.48. The number of thiol groups is 3. The van der Waals surface area contributed by atoms with Crippen molar-refractivity contribution in [1.29, 1.82) is 0 Å². The van der Waals surface area contributed by atoms with Gasteiger partial charge in [0.25, 0.3) is 0 Å². The first-order chi connectivity index (χ1) is 16.8. The summed E-state index contributed by atoms with van der Waals surface area (Å²) in [6.45, 7) is -3.98. The molecule has 3 unspecified atom stereocenters. The summed E-state index contributed by atoms with van der Waals surface area (Å²) in [5.41, 5.74) is -6.47. The highest BCUT2D eigenvalue weighted by atomic mass is 32.1. The summed E-state index contributed by atoms with van der Waals surface area (Å²) >= 11 is 12.6. The van der Waals surface area contributed by atoms with Crippen LogP contribution in [0.25, 0.3) is 0 Å². The van der Waals surface area contributed by atoms with E-state index >= 15 is 0 Å². The van der Waals surface area contributed by atoms with Crippen LogP contribution in [-0.4, -0.2) is 94.1 Å². The van der Waals surface area contributed by atoms with Gasteiger partial charge >= 0.3 is 35.0 Å². The molecule has 1 rings (SSSR count). The van der Waals surface area contributed by atoms with Gasteiger partial charge in [-0.2, -0.15) is 37.9 Å². The number of ether oxygens (including phenoxy) is 1. The molecule has 3 atom stereocenters. The number of hydrogen-bond acceptors (Lipinski definition) is 13. The fourth-order valence-electron chi connectivity index (χ4n) is 3.53. The number of carboxylic acids is 2. The number of hydrogen-bond donors (Lipinski definition) is 8. The van der Waals surface area contributed by atoms with E-state index in [9.17, 15) is 49.2 Å². The summed E-state index contributed by atoms with van der Waals surface area (Å²) < 4.78 is 6.07. The summed E-state index contributed by atoms with van der Waals surface area (Å²) in [5, 5.41) is 41.0. The molecule has 0 aliphatic rings. The van der Waals surface area contributed by atoms with E-state index < -0.39 is 109 Å². The molecule has 0 saturated carbocycles. The first kappa shape index (κ1) is 31.8. The lowest BCUT2D eigenvalue weighted by molar-refractivity contribution is -0.159. The van der Waals surface area contributed by atoms with Gasteiger partial charge in [0.05, 0.1) is 45.8 Å². The van der Waals surface area contributed by atoms with Crippen LogP contribution in [0, 0.1) is 5.41 Å². The molecule has 15 nitrogen and oxygen atoms in total. The number of carboxylic acid groups (broad SMARTS) is 2. The van der Waals surface area contributed by atoms with Crippen LogP contribution in [0.3, 0.4) is 0 Å². The summed E-state index contributed by atoms with van der Waals surface area (Å²) in [5.74, 6) is -4.37. The second-order valence-electron chi connectivity index (χ2n) is 7.36. The third-order valence-electron chi connectivity index (χ3n) is 5.17. The molecule has 0 aliphatic carbocycles. The molecule has 0 spiro atoms. The van der Waals surface area contributed by atoms with Gasteiger partial charge in [0.1, 0.15) is 17.4 Å². The third-order valence-corrected chi connectivity index (χ3v) is 7.05. The van der Waals surface area contributed by atoms with E-state index in [1.54, 1.807) is 0 Å². The standard InChI is InChI=1S/C18H27N3O12S3/c22-3-1-19-15(30)20(2-4-23)17(32)21(16(19)31)13(36)18(9(34)7-11(25)26,10(35)8-12(27)28)14(29)33-6-5-24/h9-10,13,22-24,34-36H,1-8H2,(H,25,26)(H,27,28). The number of nitrogens with zero attached hydrogens (tertiary/aromatic N) is 3. The monoisotopic (exact) mass is 573 g/mol. The molecule has 1 aromatic rings. The lowest BCUT2D eigenvalue weighted by Gasteiger charge is -2.43. The number of carbonyl (C=O) groups is 3. The van der Waals surface area contributed by atoms with Crippen LogP contribution in [0.1, 0.15) is 18.2 Å². The Labute approximate surface area is 219 Å². The molecule has 0 radical (unpaired) electrons. The van der Waals surface area contributed by atoms with Crippen molar-refractivity contribution in [2.45, 2.75) is 41.8 Å². The topological polar surface area (TPSA) is 228 Å². The first-order valence-corrected chi connectivity index (χ1v) is 11.8. The summed E-state index contributed by atoms with van der Waals surface area (Å²) in [4.78, 5) is 75.4. The van der Waals surface area contributed by atoms with E-state index in [4.69, 9.17) is 9.84 Å². The van der Waals surface area contributed by atoms with E-state index in [2.05, 4.69) is 37.9 Å². The van der Waals surface area contributed by atoms with Crippen LogP contribution in [0.2, 0.25) is 0 Å². The minimum absolute atomic E-state index is 0.270. The number of aliphatic carboxylic acids is 2. The van der Waals surface area contributed by atoms with Crippen molar-refractivity contribution >= 4 is 55.8 Å². The van der Waals surface area contributed by atoms with Gasteiger partial charge < -0.3 is 30.3 Å². The molecule has 1 aromatic heterocycles. The van der Waals surface area contributed by atoms with Gasteiger partial charge in [-0.05, 0) is 0 Å². The Balaban J connectivity index is 4.17. The van der Waals surface area contributed by atoms with Crippen molar-refractivity contribution in [1.82, 2.24) is 13.7 Å². The van der Waals surface area contributed by atoms with Crippen LogP contribution in [0.4, 0.5) is 0 Å². The maximum Gasteiger partial charge on any atom is 0.337 e. The summed E-state index contributed by atoms with van der Waals surface area (Å²) in [6.07, 6.45) is -1.83. The third kappa shape index (κ3) is 6.54. The highest BCUT2D eigenvalue weighted by Gasteiger charge is 2.58. The van der Waals surface area contributed by atoms with Crippen molar-refractivity contribution in [2.24, 2.45) is 5.41 Å². The normalized spacial score (nSPS) is 15.5. The average molecular weight is 574 g/mol. The molecule has 0 saturated heterocycles. The molecule has 0 aromatic carbocycles. The average Bonchev–Trinajstić information content (AvgIpc) is 2.77. The van der Waals surface area contributed by atoms with Crippen molar-refractivity contribution in [3.05, 3.63) is 31.5 Å². The minimum atomic E-state index is -2.53. The van der Waals surface area contributed by atoms with Crippen LogP contribution >= 0.6 is 37.9 Å². The second-order valence-corrected chi connectivity index (χ2v) is 9.10. The predicted octanol–water partition coefficient (Wildman–Crippen LogP) is -3.35. The molecule has 0 bridgehead atoms. The molecular weight excluding hydrogens is 546 g/mol. The van der Waals surface area contributed by atoms with Crippen molar-refractivity contribution in [2.75, 3.05) is 26.4 Å². The second kappa shape index (κ2) is 13.9. The molecule has 204 valence electrons. The molecule has 0 fully saturated rings. The lowest BCUT2D eigenvalue weighted by Crippen LogP contribution is -2.61. The smallest absolute Gasteiger partial charge is 0.337 e. The van der Waals surface area contributed by atoms with Crippen LogP contribution in [0.15, 0.2) is 14.4 Å². The number of aliphatic hydroxyl groups excluding tert-OH is 3. The van der Waals surface area contributed by atoms with E-state index in [1.165, 1.54) is 0 Å². The lowest BCUT2D eigenvalue weighted by atomic mass is 9.76. The number of aliphatic hydroxyl groups is 3. The largest absolute Gasteiger partial charge is 0.481 e. The van der Waals surface area contributed by atoms with E-state index in [-0.39, 0.29) is 4.57 Å². The van der Waals surface area contributed by atoms with Crippen molar-refractivity contribution in [3.8, 4) is 0 Å². The zero-order valence-corrected chi connectivity index (χ0v) is 21.3. The first-order valence-electron chi connectivity index (χ1n) is 10.3. The van der Waals surface area contributed by atoms with Gasteiger partial charge in [0, 0.05) is 10.5 Å². The molecule has 5 N–H and O–H groups in total. The molecule has 36 heavy (non-hydrogen) atoms. The van der Waals surface area contributed by atoms with Crippen LogP contribution in [-0.2, 0) is 32.2 Å². The Morgan fingerprint density at radius 2 is 1.19 bits per heavy atom. The molecule has 18 heteroatoms. The maximum absolute atomic E-state index is 13.4. The number of carbonyl (C=O) groups excluding carboxylic acids is 1. The van der Waals surface area contributed by atoms with Gasteiger partial charge in [0.2, 0.25) is 0 Å². The zero-order chi connectivity index (χ0) is 27.8. The Morgan fingerprint density at radius 3 is 1.53 bits per heavy atom. The number of rotatable bonds is 15. The van der Waals surface area contributed by atoms with Crippen LogP contribution < -0.4 is 17.1 Å². The quantitative estimate of drug-likeness (QED) is 0.0761. The summed E-state index contributed by atoms with van der Waals surface area (Å²) in [7, 11) is 0. The van der Waals surface area contributed by atoms with Gasteiger partial charge in [0.15, 0.2) is 0 Å². The van der Waals surface area contributed by atoms with E-state index in [0.717, 1.165) is 0 Å². The fraction of sp³-hybridized carbons (Fsp3) is 0.667.